The van der Waals surface area contributed by atoms with Crippen molar-refractivity contribution >= 4 is 17.5 Å². The monoisotopic (exact) mass is 375 g/mol. The van der Waals surface area contributed by atoms with Crippen molar-refractivity contribution < 1.29 is 14.3 Å². The fourth-order valence-electron chi connectivity index (χ4n) is 3.23. The van der Waals surface area contributed by atoms with Crippen molar-refractivity contribution in [2.24, 2.45) is 11.3 Å². The molecule has 2 amide bonds. The van der Waals surface area contributed by atoms with Crippen LogP contribution >= 0.6 is 0 Å². The summed E-state index contributed by atoms with van der Waals surface area (Å²) in [7, 11) is 1.67. The smallest absolute Gasteiger partial charge is 0.237 e. The summed E-state index contributed by atoms with van der Waals surface area (Å²) in [5.74, 6) is 1.05. The number of piperazine rings is 1. The van der Waals surface area contributed by atoms with Crippen LogP contribution in [0.15, 0.2) is 24.3 Å². The average molecular weight is 376 g/mol. The van der Waals surface area contributed by atoms with Gasteiger partial charge in [0.1, 0.15) is 11.2 Å². The van der Waals surface area contributed by atoms with E-state index < -0.39 is 5.41 Å². The molecule has 1 aliphatic heterocycles. The zero-order valence-electron chi connectivity index (χ0n) is 17.2. The summed E-state index contributed by atoms with van der Waals surface area (Å²) in [5, 5.41) is 2.91. The molecule has 0 bridgehead atoms. The Bertz CT molecular complexity index is 650. The fraction of sp³-hybridized carbons (Fsp3) is 0.619. The van der Waals surface area contributed by atoms with Gasteiger partial charge in [-0.2, -0.15) is 0 Å². The number of ether oxygens (including phenoxy) is 1. The highest BCUT2D eigenvalue weighted by Gasteiger charge is 2.40. The lowest BCUT2D eigenvalue weighted by atomic mass is 9.89. The number of carbonyl (C=O) groups excluding carboxylic acids is 2. The van der Waals surface area contributed by atoms with Gasteiger partial charge in [-0.15, -0.1) is 0 Å². The number of anilines is 1. The number of benzene rings is 1. The van der Waals surface area contributed by atoms with Gasteiger partial charge in [-0.05, 0) is 38.3 Å². The molecule has 6 heteroatoms. The number of carbonyl (C=O) groups is 2. The number of methoxy groups -OCH3 is 1. The summed E-state index contributed by atoms with van der Waals surface area (Å²) >= 11 is 0. The van der Waals surface area contributed by atoms with Crippen LogP contribution in [0.4, 0.5) is 5.69 Å². The summed E-state index contributed by atoms with van der Waals surface area (Å²) in [4.78, 5) is 29.5. The molecule has 1 aliphatic rings. The number of nitrogens with zero attached hydrogens (tertiary/aromatic N) is 2. The van der Waals surface area contributed by atoms with E-state index in [1.54, 1.807) is 25.9 Å². The van der Waals surface area contributed by atoms with Crippen molar-refractivity contribution in [2.45, 2.75) is 34.1 Å². The third-order valence-corrected chi connectivity index (χ3v) is 5.10. The molecule has 0 atom stereocenters. The van der Waals surface area contributed by atoms with Crippen LogP contribution in [0, 0.1) is 11.3 Å². The lowest BCUT2D eigenvalue weighted by Crippen LogP contribution is -2.55. The molecule has 1 aromatic carbocycles. The molecule has 27 heavy (non-hydrogen) atoms. The van der Waals surface area contributed by atoms with Crippen molar-refractivity contribution in [3.8, 4) is 5.75 Å². The normalized spacial score (nSPS) is 15.0. The Labute approximate surface area is 162 Å². The minimum Gasteiger partial charge on any atom is -0.495 e. The average Bonchev–Trinajstić information content (AvgIpc) is 2.67. The SMILES string of the molecule is COc1ccccc1N1CCN(C(=O)C(C)(C)C(=O)NCCC(C)C)CC1. The maximum absolute atomic E-state index is 12.9. The van der Waals surface area contributed by atoms with E-state index in [-0.39, 0.29) is 11.8 Å². The van der Waals surface area contributed by atoms with Crippen molar-refractivity contribution in [2.75, 3.05) is 44.7 Å². The molecule has 0 spiro atoms. The molecule has 1 aromatic rings. The van der Waals surface area contributed by atoms with E-state index in [9.17, 15) is 9.59 Å². The summed E-state index contributed by atoms with van der Waals surface area (Å²) in [6, 6.07) is 7.91. The molecule has 0 aromatic heterocycles. The van der Waals surface area contributed by atoms with Crippen LogP contribution in [-0.4, -0.2) is 56.5 Å². The second kappa shape index (κ2) is 9.11. The minimum atomic E-state index is -1.05. The van der Waals surface area contributed by atoms with E-state index in [2.05, 4.69) is 24.1 Å². The third kappa shape index (κ3) is 5.15. The van der Waals surface area contributed by atoms with E-state index in [1.807, 2.05) is 24.3 Å². The van der Waals surface area contributed by atoms with Crippen LogP contribution in [0.3, 0.4) is 0 Å². The predicted octanol–water partition coefficient (Wildman–Crippen LogP) is 2.53. The van der Waals surface area contributed by atoms with Gasteiger partial charge in [0, 0.05) is 32.7 Å². The van der Waals surface area contributed by atoms with Gasteiger partial charge in [-0.1, -0.05) is 26.0 Å². The first-order chi connectivity index (χ1) is 12.8. The Morgan fingerprint density at radius 3 is 2.37 bits per heavy atom. The molecule has 150 valence electrons. The molecule has 1 saturated heterocycles. The second-order valence-corrected chi connectivity index (χ2v) is 8.01. The van der Waals surface area contributed by atoms with Crippen molar-refractivity contribution in [1.82, 2.24) is 10.2 Å². The van der Waals surface area contributed by atoms with E-state index in [1.165, 1.54) is 0 Å². The van der Waals surface area contributed by atoms with E-state index in [0.717, 1.165) is 30.9 Å². The van der Waals surface area contributed by atoms with Gasteiger partial charge in [-0.25, -0.2) is 0 Å². The first-order valence-electron chi connectivity index (χ1n) is 9.73. The van der Waals surface area contributed by atoms with E-state index >= 15 is 0 Å². The number of hydrogen-bond donors (Lipinski definition) is 1. The second-order valence-electron chi connectivity index (χ2n) is 8.01. The van der Waals surface area contributed by atoms with Gasteiger partial charge < -0.3 is 19.9 Å². The highest BCUT2D eigenvalue weighted by atomic mass is 16.5. The molecular formula is C21H33N3O3. The van der Waals surface area contributed by atoms with Gasteiger partial charge in [0.15, 0.2) is 0 Å². The molecule has 6 nitrogen and oxygen atoms in total. The van der Waals surface area contributed by atoms with Crippen molar-refractivity contribution in [3.63, 3.8) is 0 Å². The van der Waals surface area contributed by atoms with Crippen molar-refractivity contribution in [1.29, 1.82) is 0 Å². The molecular weight excluding hydrogens is 342 g/mol. The summed E-state index contributed by atoms with van der Waals surface area (Å²) in [5.41, 5.74) is -0.0124. The summed E-state index contributed by atoms with van der Waals surface area (Å²) in [6.07, 6.45) is 0.910. The van der Waals surface area contributed by atoms with Crippen molar-refractivity contribution in [3.05, 3.63) is 24.3 Å². The molecule has 0 saturated carbocycles. The fourth-order valence-corrected chi connectivity index (χ4v) is 3.23. The quantitative estimate of drug-likeness (QED) is 0.744. The van der Waals surface area contributed by atoms with Gasteiger partial charge >= 0.3 is 0 Å². The van der Waals surface area contributed by atoms with Crippen LogP contribution in [0.2, 0.25) is 0 Å². The topological polar surface area (TPSA) is 61.9 Å². The zero-order chi connectivity index (χ0) is 20.0. The lowest BCUT2D eigenvalue weighted by molar-refractivity contribution is -0.148. The Balaban J connectivity index is 1.94. The van der Waals surface area contributed by atoms with E-state index in [0.29, 0.717) is 25.6 Å². The summed E-state index contributed by atoms with van der Waals surface area (Å²) < 4.78 is 5.44. The van der Waals surface area contributed by atoms with E-state index in [4.69, 9.17) is 4.74 Å². The highest BCUT2D eigenvalue weighted by Crippen LogP contribution is 2.29. The van der Waals surface area contributed by atoms with Crippen LogP contribution in [0.5, 0.6) is 5.75 Å². The van der Waals surface area contributed by atoms with Crippen LogP contribution in [0.25, 0.3) is 0 Å². The highest BCUT2D eigenvalue weighted by molar-refractivity contribution is 6.04. The van der Waals surface area contributed by atoms with Gasteiger partial charge in [0.2, 0.25) is 11.8 Å². The first-order valence-corrected chi connectivity index (χ1v) is 9.73. The number of nitrogens with one attached hydrogen (secondary N) is 1. The summed E-state index contributed by atoms with van der Waals surface area (Å²) in [6.45, 7) is 10.9. The van der Waals surface area contributed by atoms with Crippen LogP contribution in [-0.2, 0) is 9.59 Å². The number of amides is 2. The Hall–Kier alpha value is -2.24. The minimum absolute atomic E-state index is 0.107. The Morgan fingerprint density at radius 1 is 1.15 bits per heavy atom. The lowest BCUT2D eigenvalue weighted by Gasteiger charge is -2.39. The van der Waals surface area contributed by atoms with Gasteiger partial charge in [-0.3, -0.25) is 9.59 Å². The first kappa shape index (κ1) is 21.1. The number of para-hydroxylation sites is 2. The van der Waals surface area contributed by atoms with Gasteiger partial charge in [0.05, 0.1) is 12.8 Å². The molecule has 1 N–H and O–H groups in total. The standard InChI is InChI=1S/C21H33N3O3/c1-16(2)10-11-22-19(25)21(3,4)20(26)24-14-12-23(13-15-24)17-8-6-7-9-18(17)27-5/h6-9,16H,10-15H2,1-5H3,(H,22,25). The molecule has 0 aliphatic carbocycles. The number of rotatable bonds is 7. The zero-order valence-corrected chi connectivity index (χ0v) is 17.2. The molecule has 1 fully saturated rings. The Kier molecular flexibility index (Phi) is 7.11. The molecule has 0 unspecified atom stereocenters. The third-order valence-electron chi connectivity index (χ3n) is 5.10. The van der Waals surface area contributed by atoms with Gasteiger partial charge in [0.25, 0.3) is 0 Å². The Morgan fingerprint density at radius 2 is 1.78 bits per heavy atom. The molecule has 0 radical (unpaired) electrons. The molecule has 2 rings (SSSR count). The van der Waals surface area contributed by atoms with Crippen LogP contribution < -0.4 is 15.0 Å². The maximum atomic E-state index is 12.9. The predicted molar refractivity (Wildman–Crippen MR) is 108 cm³/mol. The van der Waals surface area contributed by atoms with Crippen LogP contribution in [0.1, 0.15) is 34.1 Å². The maximum Gasteiger partial charge on any atom is 0.237 e. The number of hydrogen-bond acceptors (Lipinski definition) is 4. The largest absolute Gasteiger partial charge is 0.495 e. The molecule has 1 heterocycles.